The molecular weight excluding hydrogens is 212 g/mol. The molecule has 0 bridgehead atoms. The van der Waals surface area contributed by atoms with Crippen LogP contribution in [0.5, 0.6) is 0 Å². The minimum Gasteiger partial charge on any atom is -0.347 e. The Bertz CT molecular complexity index is 414. The number of hydrogen-bond acceptors (Lipinski definition) is 2. The van der Waals surface area contributed by atoms with Gasteiger partial charge >= 0.3 is 0 Å². The number of benzene rings is 1. The van der Waals surface area contributed by atoms with Crippen molar-refractivity contribution in [2.45, 2.75) is 31.8 Å². The van der Waals surface area contributed by atoms with Crippen LogP contribution in [0, 0.1) is 0 Å². The van der Waals surface area contributed by atoms with E-state index in [0.717, 1.165) is 12.8 Å². The molecule has 0 heterocycles. The highest BCUT2D eigenvalue weighted by atomic mass is 16.2. The molecule has 0 spiro atoms. The van der Waals surface area contributed by atoms with Crippen molar-refractivity contribution in [3.05, 3.63) is 35.4 Å². The van der Waals surface area contributed by atoms with Crippen molar-refractivity contribution < 1.29 is 4.79 Å². The molecule has 1 aromatic carbocycles. The summed E-state index contributed by atoms with van der Waals surface area (Å²) in [7, 11) is 3.59. The summed E-state index contributed by atoms with van der Waals surface area (Å²) in [5.41, 5.74) is 2.76. The Kier molecular flexibility index (Phi) is 3.48. The molecule has 2 rings (SSSR count). The second kappa shape index (κ2) is 4.88. The van der Waals surface area contributed by atoms with Gasteiger partial charge in [-0.05, 0) is 30.9 Å². The van der Waals surface area contributed by atoms with Crippen LogP contribution < -0.4 is 5.32 Å². The van der Waals surface area contributed by atoms with Gasteiger partial charge in [0.1, 0.15) is 0 Å². The molecule has 3 heteroatoms. The molecule has 3 nitrogen and oxygen atoms in total. The van der Waals surface area contributed by atoms with Crippen LogP contribution in [0.1, 0.15) is 30.5 Å². The summed E-state index contributed by atoms with van der Waals surface area (Å²) in [6, 6.07) is 8.68. The molecule has 1 amide bonds. The molecule has 0 aromatic heterocycles. The van der Waals surface area contributed by atoms with Gasteiger partial charge in [-0.1, -0.05) is 24.3 Å². The molecule has 0 radical (unpaired) electrons. The number of aryl methyl sites for hydroxylation is 1. The van der Waals surface area contributed by atoms with Gasteiger partial charge in [-0.25, -0.2) is 0 Å². The van der Waals surface area contributed by atoms with Crippen LogP contribution in [-0.4, -0.2) is 30.9 Å². The summed E-state index contributed by atoms with van der Waals surface area (Å²) >= 11 is 0. The predicted molar refractivity (Wildman–Crippen MR) is 68.8 cm³/mol. The molecule has 2 atom stereocenters. The average molecular weight is 232 g/mol. The first-order valence-corrected chi connectivity index (χ1v) is 6.14. The minimum absolute atomic E-state index is 0.124. The summed E-state index contributed by atoms with van der Waals surface area (Å²) < 4.78 is 0. The molecule has 0 saturated heterocycles. The zero-order chi connectivity index (χ0) is 12.4. The van der Waals surface area contributed by atoms with E-state index in [0.29, 0.717) is 6.04 Å². The highest BCUT2D eigenvalue weighted by Crippen LogP contribution is 2.30. The van der Waals surface area contributed by atoms with Crippen molar-refractivity contribution in [2.24, 2.45) is 0 Å². The largest absolute Gasteiger partial charge is 0.347 e. The van der Waals surface area contributed by atoms with Gasteiger partial charge in [0.15, 0.2) is 0 Å². The summed E-state index contributed by atoms with van der Waals surface area (Å²) in [5, 5.41) is 3.42. The van der Waals surface area contributed by atoms with E-state index in [9.17, 15) is 4.79 Å². The number of rotatable bonds is 3. The molecule has 0 saturated carbocycles. The van der Waals surface area contributed by atoms with E-state index < -0.39 is 0 Å². The second-order valence-electron chi connectivity index (χ2n) is 4.91. The van der Waals surface area contributed by atoms with E-state index in [-0.39, 0.29) is 11.9 Å². The highest BCUT2D eigenvalue weighted by Gasteiger charge is 2.25. The Labute approximate surface area is 103 Å². The third-order valence-electron chi connectivity index (χ3n) is 3.40. The molecule has 92 valence electrons. The molecule has 17 heavy (non-hydrogen) atoms. The molecule has 1 aliphatic carbocycles. The quantitative estimate of drug-likeness (QED) is 0.861. The van der Waals surface area contributed by atoms with Gasteiger partial charge in [0.2, 0.25) is 5.91 Å². The summed E-state index contributed by atoms with van der Waals surface area (Å²) in [5.74, 6) is 0.134. The first kappa shape index (κ1) is 12.1. The molecule has 1 aromatic rings. The fraction of sp³-hybridized carbons (Fsp3) is 0.500. The van der Waals surface area contributed by atoms with Crippen LogP contribution in [0.4, 0.5) is 0 Å². The summed E-state index contributed by atoms with van der Waals surface area (Å²) in [6.45, 7) is 1.93. The van der Waals surface area contributed by atoms with Crippen molar-refractivity contribution >= 4 is 5.91 Å². The van der Waals surface area contributed by atoms with E-state index >= 15 is 0 Å². The lowest BCUT2D eigenvalue weighted by molar-refractivity contribution is -0.130. The first-order chi connectivity index (χ1) is 8.09. The Morgan fingerprint density at radius 3 is 2.82 bits per heavy atom. The Balaban J connectivity index is 2.05. The normalized spacial score (nSPS) is 19.8. The zero-order valence-electron chi connectivity index (χ0n) is 10.7. The number of hydrogen-bond donors (Lipinski definition) is 1. The number of fused-ring (bicyclic) bond motifs is 1. The third kappa shape index (κ3) is 2.50. The van der Waals surface area contributed by atoms with E-state index in [1.54, 1.807) is 19.0 Å². The first-order valence-electron chi connectivity index (χ1n) is 6.14. The van der Waals surface area contributed by atoms with Crippen molar-refractivity contribution in [1.82, 2.24) is 10.2 Å². The number of carbonyl (C=O) groups excluding carboxylic acids is 1. The third-order valence-corrected chi connectivity index (χ3v) is 3.40. The lowest BCUT2D eigenvalue weighted by Crippen LogP contribution is -2.42. The van der Waals surface area contributed by atoms with Crippen LogP contribution in [0.25, 0.3) is 0 Å². The lowest BCUT2D eigenvalue weighted by Gasteiger charge is -2.22. The van der Waals surface area contributed by atoms with Crippen molar-refractivity contribution in [3.8, 4) is 0 Å². The number of nitrogens with zero attached hydrogens (tertiary/aromatic N) is 1. The fourth-order valence-electron chi connectivity index (χ4n) is 2.49. The number of nitrogens with one attached hydrogen (secondary N) is 1. The maximum Gasteiger partial charge on any atom is 0.238 e. The van der Waals surface area contributed by atoms with E-state index in [2.05, 4.69) is 29.6 Å². The topological polar surface area (TPSA) is 32.3 Å². The van der Waals surface area contributed by atoms with Crippen molar-refractivity contribution in [2.75, 3.05) is 14.1 Å². The number of amides is 1. The van der Waals surface area contributed by atoms with Gasteiger partial charge in [-0.2, -0.15) is 0 Å². The van der Waals surface area contributed by atoms with Gasteiger partial charge in [-0.3, -0.25) is 10.1 Å². The van der Waals surface area contributed by atoms with E-state index in [4.69, 9.17) is 0 Å². The van der Waals surface area contributed by atoms with Gasteiger partial charge in [0.05, 0.1) is 6.04 Å². The molecule has 2 unspecified atom stereocenters. The lowest BCUT2D eigenvalue weighted by atomic mass is 10.1. The number of likely N-dealkylation sites (N-methyl/N-ethyl adjacent to an activating group) is 1. The SMILES string of the molecule is CC(NC1CCc2ccccc21)C(=O)N(C)C. The average Bonchev–Trinajstić information content (AvgIpc) is 2.71. The van der Waals surface area contributed by atoms with Gasteiger partial charge in [-0.15, -0.1) is 0 Å². The molecule has 0 fully saturated rings. The number of carbonyl (C=O) groups is 1. The molecule has 1 aliphatic rings. The van der Waals surface area contributed by atoms with Gasteiger partial charge in [0, 0.05) is 20.1 Å². The standard InChI is InChI=1S/C14H20N2O/c1-10(14(17)16(2)3)15-13-9-8-11-6-4-5-7-12(11)13/h4-7,10,13,15H,8-9H2,1-3H3. The van der Waals surface area contributed by atoms with Crippen molar-refractivity contribution in [3.63, 3.8) is 0 Å². The van der Waals surface area contributed by atoms with Crippen LogP contribution in [0.3, 0.4) is 0 Å². The van der Waals surface area contributed by atoms with E-state index in [1.807, 2.05) is 6.92 Å². The highest BCUT2D eigenvalue weighted by molar-refractivity contribution is 5.81. The maximum absolute atomic E-state index is 11.8. The molecule has 0 aliphatic heterocycles. The molecular formula is C14H20N2O. The summed E-state index contributed by atoms with van der Waals surface area (Å²) in [4.78, 5) is 13.4. The van der Waals surface area contributed by atoms with Crippen LogP contribution in [0.15, 0.2) is 24.3 Å². The Morgan fingerprint density at radius 1 is 1.41 bits per heavy atom. The van der Waals surface area contributed by atoms with Crippen LogP contribution in [0.2, 0.25) is 0 Å². The van der Waals surface area contributed by atoms with E-state index in [1.165, 1.54) is 11.1 Å². The van der Waals surface area contributed by atoms with Crippen LogP contribution >= 0.6 is 0 Å². The maximum atomic E-state index is 11.8. The van der Waals surface area contributed by atoms with Crippen molar-refractivity contribution in [1.29, 1.82) is 0 Å². The zero-order valence-corrected chi connectivity index (χ0v) is 10.7. The Hall–Kier alpha value is -1.35. The fourth-order valence-corrected chi connectivity index (χ4v) is 2.49. The predicted octanol–water partition coefficient (Wildman–Crippen LogP) is 1.74. The Morgan fingerprint density at radius 2 is 2.12 bits per heavy atom. The van der Waals surface area contributed by atoms with Gasteiger partial charge < -0.3 is 4.90 Å². The second-order valence-corrected chi connectivity index (χ2v) is 4.91. The smallest absolute Gasteiger partial charge is 0.238 e. The monoisotopic (exact) mass is 232 g/mol. The van der Waals surface area contributed by atoms with Crippen LogP contribution in [-0.2, 0) is 11.2 Å². The molecule has 1 N–H and O–H groups in total. The van der Waals surface area contributed by atoms with Gasteiger partial charge in [0.25, 0.3) is 0 Å². The summed E-state index contributed by atoms with van der Waals surface area (Å²) in [6.07, 6.45) is 2.20. The minimum atomic E-state index is -0.124.